The molecular formula is C21H20F2N2O3S. The number of nitrogens with one attached hydrogen (secondary N) is 1. The fourth-order valence-electron chi connectivity index (χ4n) is 3.46. The Kier molecular flexibility index (Phi) is 5.21. The molecule has 5 nitrogen and oxygen atoms in total. The number of pyridine rings is 1. The summed E-state index contributed by atoms with van der Waals surface area (Å²) in [5.41, 5.74) is 4.62. The van der Waals surface area contributed by atoms with Crippen LogP contribution >= 0.6 is 0 Å². The highest BCUT2D eigenvalue weighted by Crippen LogP contribution is 2.34. The van der Waals surface area contributed by atoms with Crippen molar-refractivity contribution in [2.75, 3.05) is 10.5 Å². The molecular weight excluding hydrogens is 398 g/mol. The van der Waals surface area contributed by atoms with Crippen molar-refractivity contribution in [3.8, 4) is 11.1 Å². The smallest absolute Gasteiger partial charge is 0.254 e. The summed E-state index contributed by atoms with van der Waals surface area (Å²) in [5, 5.41) is 0. The number of carbonyl (C=O) groups is 1. The van der Waals surface area contributed by atoms with Crippen molar-refractivity contribution in [3.05, 3.63) is 53.4 Å². The Bertz CT molecular complexity index is 1080. The molecule has 1 N–H and O–H groups in total. The Labute approximate surface area is 167 Å². The van der Waals surface area contributed by atoms with Gasteiger partial charge in [-0.2, -0.15) is 0 Å². The van der Waals surface area contributed by atoms with E-state index in [1.165, 1.54) is 0 Å². The zero-order valence-electron chi connectivity index (χ0n) is 15.6. The van der Waals surface area contributed by atoms with Crippen molar-refractivity contribution in [1.29, 1.82) is 0 Å². The Morgan fingerprint density at radius 2 is 1.93 bits per heavy atom. The molecule has 1 saturated carbocycles. The third kappa shape index (κ3) is 4.70. The number of anilines is 1. The molecule has 8 heteroatoms. The molecule has 0 aliphatic heterocycles. The molecule has 1 heterocycles. The Morgan fingerprint density at radius 3 is 2.59 bits per heavy atom. The van der Waals surface area contributed by atoms with Crippen molar-refractivity contribution >= 4 is 27.6 Å². The molecule has 4 rings (SSSR count). The first kappa shape index (κ1) is 19.7. The predicted octanol–water partition coefficient (Wildman–Crippen LogP) is 3.85. The normalized spacial score (nSPS) is 15.6. The van der Waals surface area contributed by atoms with Gasteiger partial charge in [0, 0.05) is 35.7 Å². The minimum absolute atomic E-state index is 0.173. The lowest BCUT2D eigenvalue weighted by molar-refractivity contribution is -0.119. The fraction of sp³-hybridized carbons (Fsp3) is 0.333. The van der Waals surface area contributed by atoms with Crippen LogP contribution in [0.4, 0.5) is 14.5 Å². The summed E-state index contributed by atoms with van der Waals surface area (Å²) in [7, 11) is -4.10. The van der Waals surface area contributed by atoms with Crippen LogP contribution in [0.5, 0.6) is 0 Å². The summed E-state index contributed by atoms with van der Waals surface area (Å²) >= 11 is 0. The van der Waals surface area contributed by atoms with Gasteiger partial charge in [0.2, 0.25) is 10.0 Å². The lowest BCUT2D eigenvalue weighted by atomic mass is 9.97. The largest absolute Gasteiger partial charge is 0.299 e. The van der Waals surface area contributed by atoms with E-state index in [-0.39, 0.29) is 17.4 Å². The van der Waals surface area contributed by atoms with Crippen LogP contribution in [0.1, 0.15) is 29.8 Å². The molecule has 29 heavy (non-hydrogen) atoms. The average Bonchev–Trinajstić information content (AvgIpc) is 3.39. The topological polar surface area (TPSA) is 76.1 Å². The van der Waals surface area contributed by atoms with Crippen molar-refractivity contribution in [2.45, 2.75) is 32.1 Å². The molecule has 0 unspecified atom stereocenters. The lowest BCUT2D eigenvalue weighted by Crippen LogP contribution is -2.21. The second-order valence-electron chi connectivity index (χ2n) is 7.40. The Balaban J connectivity index is 1.59. The quantitative estimate of drug-likeness (QED) is 0.707. The van der Waals surface area contributed by atoms with Gasteiger partial charge in [0.05, 0.1) is 5.69 Å². The summed E-state index contributed by atoms with van der Waals surface area (Å²) in [6, 6.07) is 8.45. The molecule has 0 atom stereocenters. The van der Waals surface area contributed by atoms with Gasteiger partial charge >= 0.3 is 0 Å². The molecule has 2 aromatic rings. The van der Waals surface area contributed by atoms with E-state index in [0.717, 1.165) is 40.9 Å². The first-order valence-electron chi connectivity index (χ1n) is 9.42. The SMILES string of the molecule is O=C(Cc1cc(-c2ccc(NS(=O)(=O)CC(F)F)cc2)c2c(n1)CC=C2)C1CC1. The maximum Gasteiger partial charge on any atom is 0.254 e. The molecule has 1 aromatic carbocycles. The summed E-state index contributed by atoms with van der Waals surface area (Å²) < 4.78 is 50.3. The molecule has 1 fully saturated rings. The molecule has 0 amide bonds. The first-order valence-corrected chi connectivity index (χ1v) is 11.1. The van der Waals surface area contributed by atoms with Crippen LogP contribution in [0.15, 0.2) is 36.4 Å². The van der Waals surface area contributed by atoms with E-state index >= 15 is 0 Å². The Hall–Kier alpha value is -2.61. The van der Waals surface area contributed by atoms with Crippen LogP contribution in [0.25, 0.3) is 17.2 Å². The third-order valence-electron chi connectivity index (χ3n) is 4.99. The Morgan fingerprint density at radius 1 is 1.21 bits per heavy atom. The van der Waals surface area contributed by atoms with Gasteiger partial charge < -0.3 is 0 Å². The van der Waals surface area contributed by atoms with Gasteiger partial charge in [-0.05, 0) is 42.2 Å². The first-order chi connectivity index (χ1) is 13.8. The molecule has 2 aliphatic rings. The van der Waals surface area contributed by atoms with Gasteiger partial charge in [-0.3, -0.25) is 14.5 Å². The number of alkyl halides is 2. The van der Waals surface area contributed by atoms with E-state index in [2.05, 4.69) is 9.71 Å². The standard InChI is InChI=1S/C21H20F2N2O3S/c22-21(23)12-29(27,28)25-15-8-6-13(7-9-15)18-10-16(11-20(26)14-4-5-14)24-19-3-1-2-17(18)19/h1-2,6-10,14,21,25H,3-5,11-12H2. The van der Waals surface area contributed by atoms with Gasteiger partial charge in [0.1, 0.15) is 11.5 Å². The molecule has 0 saturated heterocycles. The van der Waals surface area contributed by atoms with E-state index in [0.29, 0.717) is 12.8 Å². The van der Waals surface area contributed by atoms with Crippen LogP contribution in [0, 0.1) is 5.92 Å². The van der Waals surface area contributed by atoms with Gasteiger partial charge in [-0.25, -0.2) is 17.2 Å². The number of benzene rings is 1. The summed E-state index contributed by atoms with van der Waals surface area (Å²) in [6.45, 7) is 0. The maximum absolute atomic E-state index is 12.4. The van der Waals surface area contributed by atoms with Crippen molar-refractivity contribution in [1.82, 2.24) is 4.98 Å². The number of carbonyl (C=O) groups excluding carboxylic acids is 1. The van der Waals surface area contributed by atoms with E-state index in [1.807, 2.05) is 18.2 Å². The van der Waals surface area contributed by atoms with Gasteiger partial charge in [-0.15, -0.1) is 0 Å². The van der Waals surface area contributed by atoms with Crippen LogP contribution < -0.4 is 4.72 Å². The number of nitrogens with zero attached hydrogens (tertiary/aromatic N) is 1. The summed E-state index contributed by atoms with van der Waals surface area (Å²) in [6.07, 6.45) is 4.01. The van der Waals surface area contributed by atoms with E-state index < -0.39 is 22.2 Å². The van der Waals surface area contributed by atoms with Gasteiger partial charge in [0.15, 0.2) is 0 Å². The minimum atomic E-state index is -4.10. The average molecular weight is 418 g/mol. The molecule has 0 radical (unpaired) electrons. The zero-order valence-corrected chi connectivity index (χ0v) is 16.4. The monoisotopic (exact) mass is 418 g/mol. The fourth-order valence-corrected chi connectivity index (χ4v) is 4.37. The molecule has 0 spiro atoms. The number of allylic oxidation sites excluding steroid dienone is 1. The number of ketones is 1. The second kappa shape index (κ2) is 7.67. The lowest BCUT2D eigenvalue weighted by Gasteiger charge is -2.12. The summed E-state index contributed by atoms with van der Waals surface area (Å²) in [4.78, 5) is 16.8. The van der Waals surface area contributed by atoms with Crippen molar-refractivity contribution in [2.24, 2.45) is 5.92 Å². The summed E-state index contributed by atoms with van der Waals surface area (Å²) in [5.74, 6) is -0.846. The van der Waals surface area contributed by atoms with Crippen LogP contribution in [-0.4, -0.2) is 31.4 Å². The predicted molar refractivity (Wildman–Crippen MR) is 107 cm³/mol. The van der Waals surface area contributed by atoms with E-state index in [1.54, 1.807) is 24.3 Å². The molecule has 2 aliphatic carbocycles. The highest BCUT2D eigenvalue weighted by Gasteiger charge is 2.30. The van der Waals surface area contributed by atoms with Crippen molar-refractivity contribution < 1.29 is 22.0 Å². The number of fused-ring (bicyclic) bond motifs is 1. The van der Waals surface area contributed by atoms with Crippen LogP contribution in [-0.2, 0) is 27.7 Å². The van der Waals surface area contributed by atoms with Gasteiger partial charge in [0.25, 0.3) is 6.43 Å². The number of rotatable bonds is 8. The molecule has 152 valence electrons. The number of aromatic nitrogens is 1. The van der Waals surface area contributed by atoms with Crippen LogP contribution in [0.3, 0.4) is 0 Å². The second-order valence-corrected chi connectivity index (χ2v) is 9.16. The number of halogens is 2. The van der Waals surface area contributed by atoms with Crippen molar-refractivity contribution in [3.63, 3.8) is 0 Å². The van der Waals surface area contributed by atoms with E-state index in [9.17, 15) is 22.0 Å². The molecule has 1 aromatic heterocycles. The molecule has 0 bridgehead atoms. The highest BCUT2D eigenvalue weighted by molar-refractivity contribution is 7.92. The highest BCUT2D eigenvalue weighted by atomic mass is 32.2. The zero-order chi connectivity index (χ0) is 20.6. The number of hydrogen-bond donors (Lipinski definition) is 1. The van der Waals surface area contributed by atoms with Crippen LogP contribution in [0.2, 0.25) is 0 Å². The maximum atomic E-state index is 12.4. The minimum Gasteiger partial charge on any atom is -0.299 e. The van der Waals surface area contributed by atoms with E-state index in [4.69, 9.17) is 0 Å². The number of Topliss-reactive ketones (excluding diaryl/α,β-unsaturated/α-hetero) is 1. The number of hydrogen-bond acceptors (Lipinski definition) is 4. The van der Waals surface area contributed by atoms with Gasteiger partial charge in [-0.1, -0.05) is 24.3 Å². The number of sulfonamides is 1. The third-order valence-corrected chi connectivity index (χ3v) is 6.23.